The second-order valence-corrected chi connectivity index (χ2v) is 7.53. The van der Waals surface area contributed by atoms with E-state index in [1.807, 2.05) is 0 Å². The third kappa shape index (κ3) is 4.06. The first-order valence-electron chi connectivity index (χ1n) is 8.19. The Bertz CT molecular complexity index is 455. The molecule has 1 N–H and O–H groups in total. The fraction of sp³-hybridized carbons (Fsp3) is 0.667. The van der Waals surface area contributed by atoms with E-state index in [1.54, 1.807) is 0 Å². The lowest BCUT2D eigenvalue weighted by atomic mass is 10.1. The summed E-state index contributed by atoms with van der Waals surface area (Å²) in [5, 5.41) is 3.55. The van der Waals surface area contributed by atoms with Gasteiger partial charge in [0.1, 0.15) is 0 Å². The Morgan fingerprint density at radius 2 is 1.71 bits per heavy atom. The van der Waals surface area contributed by atoms with Gasteiger partial charge in [0.25, 0.3) is 0 Å². The monoisotopic (exact) mass is 288 g/mol. The molecule has 2 aliphatic heterocycles. The summed E-state index contributed by atoms with van der Waals surface area (Å²) in [6, 6.07) is 8.78. The van der Waals surface area contributed by atoms with Crippen LogP contribution in [0.25, 0.3) is 0 Å². The predicted octanol–water partition coefficient (Wildman–Crippen LogP) is 2.94. The zero-order valence-electron chi connectivity index (χ0n) is 13.6. The van der Waals surface area contributed by atoms with Gasteiger partial charge in [-0.1, -0.05) is 24.3 Å². The number of hydrogen-bond donors (Lipinski definition) is 1. The number of nitrogens with zero attached hydrogens (tertiary/aromatic N) is 1. The zero-order chi connectivity index (χ0) is 14.9. The number of benzene rings is 1. The Hall–Kier alpha value is -0.900. The van der Waals surface area contributed by atoms with Gasteiger partial charge in [-0.3, -0.25) is 4.90 Å². The van der Waals surface area contributed by atoms with Crippen molar-refractivity contribution in [3.05, 3.63) is 35.4 Å². The van der Waals surface area contributed by atoms with Crippen molar-refractivity contribution in [3.8, 4) is 0 Å². The molecule has 3 nitrogen and oxygen atoms in total. The second kappa shape index (κ2) is 6.07. The van der Waals surface area contributed by atoms with Gasteiger partial charge < -0.3 is 10.1 Å². The molecule has 2 aliphatic rings. The molecule has 1 fully saturated rings. The summed E-state index contributed by atoms with van der Waals surface area (Å²) in [5.41, 5.74) is 3.15. The van der Waals surface area contributed by atoms with E-state index in [4.69, 9.17) is 4.74 Å². The minimum atomic E-state index is 0.179. The molecular formula is C18H28N2O. The normalized spacial score (nSPS) is 26.2. The maximum atomic E-state index is 6.21. The van der Waals surface area contributed by atoms with Crippen molar-refractivity contribution in [2.24, 2.45) is 0 Å². The molecule has 21 heavy (non-hydrogen) atoms. The standard InChI is InChI=1S/C18H28N2O/c1-18(2,3)19-10-16-8-9-17(21-16)13-20-11-14-6-4-5-7-15(14)12-20/h4-7,16-17,19H,8-13H2,1-3H3. The highest BCUT2D eigenvalue weighted by Crippen LogP contribution is 2.26. The molecule has 0 aliphatic carbocycles. The maximum Gasteiger partial charge on any atom is 0.0707 e. The average molecular weight is 288 g/mol. The zero-order valence-corrected chi connectivity index (χ0v) is 13.6. The molecule has 0 spiro atoms. The summed E-state index contributed by atoms with van der Waals surface area (Å²) < 4.78 is 6.21. The number of nitrogens with one attached hydrogen (secondary N) is 1. The molecule has 0 saturated carbocycles. The lowest BCUT2D eigenvalue weighted by Crippen LogP contribution is -2.41. The van der Waals surface area contributed by atoms with Crippen LogP contribution >= 0.6 is 0 Å². The van der Waals surface area contributed by atoms with Crippen LogP contribution in [0.1, 0.15) is 44.7 Å². The lowest BCUT2D eigenvalue weighted by molar-refractivity contribution is 0.0201. The van der Waals surface area contributed by atoms with E-state index < -0.39 is 0 Å². The fourth-order valence-electron chi connectivity index (χ4n) is 3.31. The van der Waals surface area contributed by atoms with E-state index in [0.717, 1.165) is 26.2 Å². The van der Waals surface area contributed by atoms with Crippen molar-refractivity contribution >= 4 is 0 Å². The second-order valence-electron chi connectivity index (χ2n) is 7.53. The first kappa shape index (κ1) is 15.0. The number of fused-ring (bicyclic) bond motifs is 1. The Balaban J connectivity index is 1.44. The van der Waals surface area contributed by atoms with Gasteiger partial charge in [0, 0.05) is 31.7 Å². The molecule has 0 amide bonds. The van der Waals surface area contributed by atoms with Gasteiger partial charge in [0.05, 0.1) is 12.2 Å². The summed E-state index contributed by atoms with van der Waals surface area (Å²) in [4.78, 5) is 2.52. The molecule has 2 atom stereocenters. The van der Waals surface area contributed by atoms with Crippen molar-refractivity contribution in [2.45, 2.75) is 64.4 Å². The largest absolute Gasteiger partial charge is 0.372 e. The summed E-state index contributed by atoms with van der Waals surface area (Å²) in [7, 11) is 0. The van der Waals surface area contributed by atoms with E-state index in [-0.39, 0.29) is 5.54 Å². The van der Waals surface area contributed by atoms with E-state index in [9.17, 15) is 0 Å². The average Bonchev–Trinajstić information content (AvgIpc) is 3.01. The summed E-state index contributed by atoms with van der Waals surface area (Å²) in [5.74, 6) is 0. The van der Waals surface area contributed by atoms with Crippen LogP contribution in [-0.4, -0.2) is 35.7 Å². The predicted molar refractivity (Wildman–Crippen MR) is 86.2 cm³/mol. The third-order valence-corrected chi connectivity index (χ3v) is 4.42. The molecule has 3 rings (SSSR count). The highest BCUT2D eigenvalue weighted by atomic mass is 16.5. The molecule has 1 aromatic rings. The molecule has 0 bridgehead atoms. The van der Waals surface area contributed by atoms with Crippen LogP contribution < -0.4 is 5.32 Å². The van der Waals surface area contributed by atoms with Crippen molar-refractivity contribution < 1.29 is 4.74 Å². The van der Waals surface area contributed by atoms with Gasteiger partial charge >= 0.3 is 0 Å². The van der Waals surface area contributed by atoms with Crippen LogP contribution in [0.4, 0.5) is 0 Å². The molecule has 0 radical (unpaired) electrons. The summed E-state index contributed by atoms with van der Waals surface area (Å²) >= 11 is 0. The van der Waals surface area contributed by atoms with Crippen LogP contribution in [0.3, 0.4) is 0 Å². The minimum Gasteiger partial charge on any atom is -0.372 e. The van der Waals surface area contributed by atoms with Crippen LogP contribution in [0.5, 0.6) is 0 Å². The fourth-order valence-corrected chi connectivity index (χ4v) is 3.31. The molecular weight excluding hydrogens is 260 g/mol. The van der Waals surface area contributed by atoms with Crippen molar-refractivity contribution in [3.63, 3.8) is 0 Å². The van der Waals surface area contributed by atoms with Gasteiger partial charge in [-0.2, -0.15) is 0 Å². The van der Waals surface area contributed by atoms with Crippen LogP contribution in [0.2, 0.25) is 0 Å². The Morgan fingerprint density at radius 3 is 2.33 bits per heavy atom. The smallest absolute Gasteiger partial charge is 0.0707 e. The van der Waals surface area contributed by atoms with Gasteiger partial charge in [-0.25, -0.2) is 0 Å². The third-order valence-electron chi connectivity index (χ3n) is 4.42. The first-order chi connectivity index (χ1) is 9.99. The molecule has 2 unspecified atom stereocenters. The van der Waals surface area contributed by atoms with Gasteiger partial charge in [0.15, 0.2) is 0 Å². The molecule has 116 valence electrons. The van der Waals surface area contributed by atoms with E-state index >= 15 is 0 Å². The summed E-state index contributed by atoms with van der Waals surface area (Å²) in [6.45, 7) is 10.8. The Morgan fingerprint density at radius 1 is 1.10 bits per heavy atom. The van der Waals surface area contributed by atoms with E-state index in [1.165, 1.54) is 24.0 Å². The van der Waals surface area contributed by atoms with Gasteiger partial charge in [0.2, 0.25) is 0 Å². The van der Waals surface area contributed by atoms with Crippen molar-refractivity contribution in [1.82, 2.24) is 10.2 Å². The number of ether oxygens (including phenoxy) is 1. The van der Waals surface area contributed by atoms with Gasteiger partial charge in [-0.15, -0.1) is 0 Å². The Kier molecular flexibility index (Phi) is 4.34. The van der Waals surface area contributed by atoms with Crippen LogP contribution in [-0.2, 0) is 17.8 Å². The number of rotatable bonds is 4. The quantitative estimate of drug-likeness (QED) is 0.922. The molecule has 1 saturated heterocycles. The van der Waals surface area contributed by atoms with Crippen molar-refractivity contribution in [1.29, 1.82) is 0 Å². The summed E-state index contributed by atoms with van der Waals surface area (Å²) in [6.07, 6.45) is 3.18. The molecule has 0 aromatic heterocycles. The van der Waals surface area contributed by atoms with E-state index in [0.29, 0.717) is 12.2 Å². The maximum absolute atomic E-state index is 6.21. The topological polar surface area (TPSA) is 24.5 Å². The van der Waals surface area contributed by atoms with Crippen LogP contribution in [0.15, 0.2) is 24.3 Å². The Labute approximate surface area is 128 Å². The highest BCUT2D eigenvalue weighted by Gasteiger charge is 2.29. The minimum absolute atomic E-state index is 0.179. The highest BCUT2D eigenvalue weighted by molar-refractivity contribution is 5.30. The van der Waals surface area contributed by atoms with Gasteiger partial charge in [-0.05, 0) is 44.7 Å². The molecule has 2 heterocycles. The molecule has 3 heteroatoms. The SMILES string of the molecule is CC(C)(C)NCC1CCC(CN2Cc3ccccc3C2)O1. The first-order valence-corrected chi connectivity index (χ1v) is 8.19. The lowest BCUT2D eigenvalue weighted by Gasteiger charge is -2.24. The number of hydrogen-bond acceptors (Lipinski definition) is 3. The van der Waals surface area contributed by atoms with Crippen LogP contribution in [0, 0.1) is 0 Å². The van der Waals surface area contributed by atoms with Crippen molar-refractivity contribution in [2.75, 3.05) is 13.1 Å². The molecule has 1 aromatic carbocycles. The van der Waals surface area contributed by atoms with E-state index in [2.05, 4.69) is 55.3 Å².